The van der Waals surface area contributed by atoms with Crippen LogP contribution in [0.3, 0.4) is 0 Å². The van der Waals surface area contributed by atoms with E-state index in [1.165, 1.54) is 21.9 Å². The van der Waals surface area contributed by atoms with Crippen LogP contribution < -0.4 is 10.9 Å². The van der Waals surface area contributed by atoms with Gasteiger partial charge in [-0.1, -0.05) is 11.3 Å². The molecule has 0 aromatic carbocycles. The molecule has 0 atom stereocenters. The quantitative estimate of drug-likeness (QED) is 0.837. The minimum absolute atomic E-state index is 0.104. The molecule has 2 aromatic heterocycles. The molecule has 0 unspecified atom stereocenters. The molecule has 0 amide bonds. The van der Waals surface area contributed by atoms with Crippen molar-refractivity contribution in [2.24, 2.45) is 0 Å². The van der Waals surface area contributed by atoms with Gasteiger partial charge in [0.1, 0.15) is 5.01 Å². The van der Waals surface area contributed by atoms with E-state index in [4.69, 9.17) is 0 Å². The highest BCUT2D eigenvalue weighted by molar-refractivity contribution is 7.16. The zero-order valence-corrected chi connectivity index (χ0v) is 11.2. The van der Waals surface area contributed by atoms with Crippen molar-refractivity contribution >= 4 is 16.3 Å². The number of nitrogens with zero attached hydrogens (tertiary/aromatic N) is 4. The fourth-order valence-electron chi connectivity index (χ4n) is 1.95. The summed E-state index contributed by atoms with van der Waals surface area (Å²) in [5.74, 6) is 0. The Morgan fingerprint density at radius 2 is 2.39 bits per heavy atom. The summed E-state index contributed by atoms with van der Waals surface area (Å²) in [7, 11) is 2.08. The molecular formula is C11H15N5OS. The molecule has 1 N–H and O–H groups in total. The Labute approximate surface area is 108 Å². The summed E-state index contributed by atoms with van der Waals surface area (Å²) < 4.78 is 1.39. The van der Waals surface area contributed by atoms with E-state index in [-0.39, 0.29) is 5.56 Å². The van der Waals surface area contributed by atoms with Crippen LogP contribution in [-0.4, -0.2) is 45.7 Å². The zero-order valence-electron chi connectivity index (χ0n) is 10.4. The molecular weight excluding hydrogens is 250 g/mol. The lowest BCUT2D eigenvalue weighted by Gasteiger charge is -2.34. The predicted molar refractivity (Wildman–Crippen MR) is 70.0 cm³/mol. The number of hydrogen-bond donors (Lipinski definition) is 1. The first-order chi connectivity index (χ1) is 8.63. The van der Waals surface area contributed by atoms with Gasteiger partial charge in [0.15, 0.2) is 0 Å². The lowest BCUT2D eigenvalue weighted by molar-refractivity contribution is 0.172. The highest BCUT2D eigenvalue weighted by atomic mass is 32.1. The Morgan fingerprint density at radius 3 is 3.06 bits per heavy atom. The van der Waals surface area contributed by atoms with E-state index in [1.54, 1.807) is 0 Å². The van der Waals surface area contributed by atoms with E-state index >= 15 is 0 Å². The maximum atomic E-state index is 11.7. The predicted octanol–water partition coefficient (Wildman–Crippen LogP) is -0.137. The molecule has 0 aliphatic carbocycles. The third-order valence-electron chi connectivity index (χ3n) is 3.18. The third-order valence-corrected chi connectivity index (χ3v) is 4.08. The first kappa shape index (κ1) is 11.8. The molecule has 1 aliphatic heterocycles. The van der Waals surface area contributed by atoms with Gasteiger partial charge in [0.25, 0.3) is 5.56 Å². The molecule has 0 spiro atoms. The van der Waals surface area contributed by atoms with Gasteiger partial charge in [-0.2, -0.15) is 9.61 Å². The smallest absolute Gasteiger partial charge is 0.275 e. The number of aryl methyl sites for hydroxylation is 1. The summed E-state index contributed by atoms with van der Waals surface area (Å²) in [6.07, 6.45) is 0. The molecule has 6 nitrogen and oxygen atoms in total. The van der Waals surface area contributed by atoms with Gasteiger partial charge in [-0.3, -0.25) is 9.69 Å². The molecule has 0 saturated carbocycles. The molecule has 3 rings (SSSR count). The minimum Gasteiger partial charge on any atom is -0.314 e. The van der Waals surface area contributed by atoms with Crippen molar-refractivity contribution in [3.05, 3.63) is 27.1 Å². The number of aromatic nitrogens is 3. The molecule has 1 aliphatic rings. The van der Waals surface area contributed by atoms with Crippen molar-refractivity contribution in [2.45, 2.75) is 19.5 Å². The second-order valence-electron chi connectivity index (χ2n) is 4.65. The molecule has 2 aromatic rings. The van der Waals surface area contributed by atoms with E-state index in [0.29, 0.717) is 11.0 Å². The molecule has 96 valence electrons. The Morgan fingerprint density at radius 1 is 1.61 bits per heavy atom. The van der Waals surface area contributed by atoms with Gasteiger partial charge in [0, 0.05) is 30.9 Å². The van der Waals surface area contributed by atoms with Crippen LogP contribution >= 0.6 is 11.3 Å². The molecule has 0 bridgehead atoms. The lowest BCUT2D eigenvalue weighted by Crippen LogP contribution is -2.55. The van der Waals surface area contributed by atoms with E-state index in [1.807, 2.05) is 6.92 Å². The number of likely N-dealkylation sites (N-methyl/N-ethyl adjacent to an activating group) is 1. The summed E-state index contributed by atoms with van der Waals surface area (Å²) in [5.41, 5.74) is 0.639. The molecule has 0 radical (unpaired) electrons. The first-order valence-corrected chi connectivity index (χ1v) is 6.72. The van der Waals surface area contributed by atoms with Crippen LogP contribution in [0, 0.1) is 6.92 Å². The fourth-order valence-corrected chi connectivity index (χ4v) is 2.96. The minimum atomic E-state index is -0.104. The first-order valence-electron chi connectivity index (χ1n) is 5.91. The highest BCUT2D eigenvalue weighted by Gasteiger charge is 2.22. The summed E-state index contributed by atoms with van der Waals surface area (Å²) in [4.78, 5) is 19.0. The van der Waals surface area contributed by atoms with Gasteiger partial charge in [-0.05, 0) is 14.0 Å². The summed E-state index contributed by atoms with van der Waals surface area (Å²) >= 11 is 1.48. The van der Waals surface area contributed by atoms with Gasteiger partial charge < -0.3 is 5.32 Å². The van der Waals surface area contributed by atoms with Crippen LogP contribution in [-0.2, 0) is 6.54 Å². The van der Waals surface area contributed by atoms with E-state index < -0.39 is 0 Å². The van der Waals surface area contributed by atoms with Crippen molar-refractivity contribution in [3.63, 3.8) is 0 Å². The molecule has 3 heterocycles. The third kappa shape index (κ3) is 2.05. The summed E-state index contributed by atoms with van der Waals surface area (Å²) in [6.45, 7) is 4.64. The van der Waals surface area contributed by atoms with Gasteiger partial charge in [-0.25, -0.2) is 4.98 Å². The van der Waals surface area contributed by atoms with Gasteiger partial charge in [-0.15, -0.1) is 0 Å². The van der Waals surface area contributed by atoms with Crippen molar-refractivity contribution in [3.8, 4) is 0 Å². The van der Waals surface area contributed by atoms with Crippen molar-refractivity contribution in [1.29, 1.82) is 0 Å². The molecule has 1 saturated heterocycles. The van der Waals surface area contributed by atoms with E-state index in [0.717, 1.165) is 30.3 Å². The zero-order chi connectivity index (χ0) is 12.7. The van der Waals surface area contributed by atoms with Crippen molar-refractivity contribution in [2.75, 3.05) is 20.1 Å². The van der Waals surface area contributed by atoms with Gasteiger partial charge in [0.2, 0.25) is 4.96 Å². The fraction of sp³-hybridized carbons (Fsp3) is 0.545. The Kier molecular flexibility index (Phi) is 2.89. The van der Waals surface area contributed by atoms with Gasteiger partial charge >= 0.3 is 0 Å². The van der Waals surface area contributed by atoms with Crippen LogP contribution in [0.4, 0.5) is 0 Å². The molecule has 18 heavy (non-hydrogen) atoms. The second-order valence-corrected chi connectivity index (χ2v) is 5.69. The SMILES string of the molecule is Cc1cc(=O)n2nc(CN(C)C3CNC3)sc2n1. The topological polar surface area (TPSA) is 62.5 Å². The highest BCUT2D eigenvalue weighted by Crippen LogP contribution is 2.15. The lowest BCUT2D eigenvalue weighted by atomic mass is 10.1. The standard InChI is InChI=1S/C11H15N5OS/c1-7-3-10(17)16-11(13-7)18-9(14-16)6-15(2)8-4-12-5-8/h3,8,12H,4-6H2,1-2H3. The van der Waals surface area contributed by atoms with Crippen molar-refractivity contribution in [1.82, 2.24) is 24.8 Å². The van der Waals surface area contributed by atoms with Crippen LogP contribution in [0.1, 0.15) is 10.7 Å². The largest absolute Gasteiger partial charge is 0.314 e. The summed E-state index contributed by atoms with van der Waals surface area (Å²) in [6, 6.07) is 2.08. The molecule has 1 fully saturated rings. The van der Waals surface area contributed by atoms with E-state index in [2.05, 4.69) is 27.3 Å². The maximum absolute atomic E-state index is 11.7. The normalized spacial score (nSPS) is 16.4. The average Bonchev–Trinajstić information content (AvgIpc) is 2.57. The van der Waals surface area contributed by atoms with Crippen molar-refractivity contribution < 1.29 is 0 Å². The van der Waals surface area contributed by atoms with Crippen LogP contribution in [0.2, 0.25) is 0 Å². The van der Waals surface area contributed by atoms with Crippen LogP contribution in [0.15, 0.2) is 10.9 Å². The Hall–Kier alpha value is -1.31. The number of rotatable bonds is 3. The maximum Gasteiger partial charge on any atom is 0.275 e. The Balaban J connectivity index is 1.88. The number of fused-ring (bicyclic) bond motifs is 1. The average molecular weight is 265 g/mol. The Bertz CT molecular complexity index is 630. The van der Waals surface area contributed by atoms with Gasteiger partial charge in [0.05, 0.1) is 6.54 Å². The number of hydrogen-bond acceptors (Lipinski definition) is 6. The van der Waals surface area contributed by atoms with E-state index in [9.17, 15) is 4.79 Å². The monoisotopic (exact) mass is 265 g/mol. The molecule has 7 heteroatoms. The van der Waals surface area contributed by atoms with Crippen LogP contribution in [0.5, 0.6) is 0 Å². The summed E-state index contributed by atoms with van der Waals surface area (Å²) in [5, 5.41) is 8.51. The van der Waals surface area contributed by atoms with Crippen LogP contribution in [0.25, 0.3) is 4.96 Å². The number of nitrogens with one attached hydrogen (secondary N) is 1. The second kappa shape index (κ2) is 4.42.